The average Bonchev–Trinajstić information content (AvgIpc) is 2.83. The molecule has 0 spiro atoms. The lowest BCUT2D eigenvalue weighted by Gasteiger charge is -2.06. The van der Waals surface area contributed by atoms with E-state index in [1.807, 2.05) is 37.6 Å². The van der Waals surface area contributed by atoms with Gasteiger partial charge in [0.05, 0.1) is 16.3 Å². The van der Waals surface area contributed by atoms with Crippen LogP contribution in [0.2, 0.25) is 10.0 Å². The van der Waals surface area contributed by atoms with Gasteiger partial charge in [-0.3, -0.25) is 4.99 Å². The lowest BCUT2D eigenvalue weighted by molar-refractivity contribution is 0.214. The van der Waals surface area contributed by atoms with Gasteiger partial charge in [-0.15, -0.1) is 0 Å². The van der Waals surface area contributed by atoms with Gasteiger partial charge >= 0.3 is 0 Å². The first-order chi connectivity index (χ1) is 10.5. The maximum Gasteiger partial charge on any atom is 0.120 e. The molecule has 0 saturated heterocycles. The molecule has 0 N–H and O–H groups in total. The monoisotopic (exact) mass is 339 g/mol. The Bertz CT molecular complexity index is 576. The van der Waals surface area contributed by atoms with E-state index in [0.29, 0.717) is 10.0 Å². The van der Waals surface area contributed by atoms with Crippen LogP contribution in [0.15, 0.2) is 46.7 Å². The molecule has 0 bridgehead atoms. The summed E-state index contributed by atoms with van der Waals surface area (Å²) in [7, 11) is 1.78. The maximum absolute atomic E-state index is 5.68. The van der Waals surface area contributed by atoms with E-state index in [1.54, 1.807) is 13.1 Å². The number of ether oxygens (including phenoxy) is 1. The number of aryl methyl sites for hydroxylation is 1. The Morgan fingerprint density at radius 2 is 2.00 bits per heavy atom. The van der Waals surface area contributed by atoms with E-state index in [9.17, 15) is 0 Å². The third-order valence-corrected chi connectivity index (χ3v) is 3.96. The highest BCUT2D eigenvalue weighted by atomic mass is 35.5. The Kier molecular flexibility index (Phi) is 8.29. The molecule has 1 unspecified atom stereocenters. The largest absolute Gasteiger partial charge is 0.493 e. The summed E-state index contributed by atoms with van der Waals surface area (Å²) in [6.45, 7) is 6.21. The van der Waals surface area contributed by atoms with Crippen molar-refractivity contribution in [3.8, 4) is 0 Å². The van der Waals surface area contributed by atoms with Crippen molar-refractivity contribution < 1.29 is 4.74 Å². The number of rotatable bonds is 3. The van der Waals surface area contributed by atoms with E-state index < -0.39 is 0 Å². The third-order valence-electron chi connectivity index (χ3n) is 3.22. The fourth-order valence-electron chi connectivity index (χ4n) is 2.06. The zero-order valence-electron chi connectivity index (χ0n) is 13.6. The Labute approximate surface area is 143 Å². The minimum Gasteiger partial charge on any atom is -0.493 e. The molecule has 120 valence electrons. The van der Waals surface area contributed by atoms with Gasteiger partial charge in [0.15, 0.2) is 0 Å². The van der Waals surface area contributed by atoms with Gasteiger partial charge in [-0.05, 0) is 55.2 Å². The fraction of sp³-hybridized carbons (Fsp3) is 0.389. The van der Waals surface area contributed by atoms with Gasteiger partial charge in [-0.1, -0.05) is 42.6 Å². The van der Waals surface area contributed by atoms with Gasteiger partial charge in [0.2, 0.25) is 0 Å². The summed E-state index contributed by atoms with van der Waals surface area (Å²) in [5.41, 5.74) is 3.71. The number of hydrogen-bond acceptors (Lipinski definition) is 2. The van der Waals surface area contributed by atoms with E-state index in [2.05, 4.69) is 18.8 Å². The van der Waals surface area contributed by atoms with Crippen LogP contribution in [0, 0.1) is 6.92 Å². The van der Waals surface area contributed by atoms with Gasteiger partial charge in [-0.25, -0.2) is 0 Å². The highest BCUT2D eigenvalue weighted by Crippen LogP contribution is 2.27. The number of benzene rings is 1. The number of allylic oxidation sites excluding steroid dienone is 1. The topological polar surface area (TPSA) is 21.6 Å². The first-order valence-corrected chi connectivity index (χ1v) is 8.14. The van der Waals surface area contributed by atoms with Gasteiger partial charge in [0.1, 0.15) is 6.10 Å². The fourth-order valence-corrected chi connectivity index (χ4v) is 2.41. The van der Waals surface area contributed by atoms with Crippen LogP contribution < -0.4 is 0 Å². The van der Waals surface area contributed by atoms with E-state index in [4.69, 9.17) is 27.9 Å². The zero-order chi connectivity index (χ0) is 16.5. The molecule has 0 aliphatic carbocycles. The second kappa shape index (κ2) is 9.70. The highest BCUT2D eigenvalue weighted by Gasteiger charge is 2.19. The molecule has 22 heavy (non-hydrogen) atoms. The molecule has 1 aliphatic rings. The normalized spacial score (nSPS) is 18.9. The molecule has 2 nitrogen and oxygen atoms in total. The minimum atomic E-state index is 0.194. The molecular weight excluding hydrogens is 317 g/mol. The van der Waals surface area contributed by atoms with Gasteiger partial charge < -0.3 is 4.74 Å². The van der Waals surface area contributed by atoms with Crippen molar-refractivity contribution in [1.82, 2.24) is 0 Å². The molecule has 1 atom stereocenters. The predicted molar refractivity (Wildman–Crippen MR) is 97.2 cm³/mol. The minimum absolute atomic E-state index is 0.194. The van der Waals surface area contributed by atoms with Crippen molar-refractivity contribution in [2.45, 2.75) is 39.7 Å². The number of aliphatic imine (C=N–C) groups is 1. The maximum atomic E-state index is 5.68. The van der Waals surface area contributed by atoms with Crippen LogP contribution in [0.5, 0.6) is 0 Å². The van der Waals surface area contributed by atoms with Crippen molar-refractivity contribution in [3.05, 3.63) is 57.3 Å². The molecule has 2 rings (SSSR count). The Balaban J connectivity index is 0.000000235. The Morgan fingerprint density at radius 1 is 1.27 bits per heavy atom. The van der Waals surface area contributed by atoms with E-state index in [0.717, 1.165) is 18.4 Å². The molecular formula is C18H23Cl2NO. The van der Waals surface area contributed by atoms with Gasteiger partial charge in [0, 0.05) is 13.3 Å². The van der Waals surface area contributed by atoms with Gasteiger partial charge in [0.25, 0.3) is 0 Å². The van der Waals surface area contributed by atoms with Crippen LogP contribution >= 0.6 is 23.2 Å². The van der Waals surface area contributed by atoms with Crippen LogP contribution in [0.4, 0.5) is 0 Å². The summed E-state index contributed by atoms with van der Waals surface area (Å²) in [4.78, 5) is 3.94. The standard InChI is InChI=1S/C11H17NO.C7H6Cl2/c1-4-5-10-8-13-9(2)11(10)6-7-12-3;1-5-2-3-6(8)7(9)4-5/h6-9H,4-5H2,1-3H3;2-4H,1H3/b11-6+,12-7?;. The summed E-state index contributed by atoms with van der Waals surface area (Å²) in [6.07, 6.45) is 8.18. The van der Waals surface area contributed by atoms with Crippen LogP contribution in [0.1, 0.15) is 32.3 Å². The smallest absolute Gasteiger partial charge is 0.120 e. The lowest BCUT2D eigenvalue weighted by Crippen LogP contribution is -2.02. The summed E-state index contributed by atoms with van der Waals surface area (Å²) >= 11 is 11.3. The highest BCUT2D eigenvalue weighted by molar-refractivity contribution is 6.41. The van der Waals surface area contributed by atoms with Crippen molar-refractivity contribution in [2.24, 2.45) is 4.99 Å². The number of nitrogens with zero attached hydrogens (tertiary/aromatic N) is 1. The number of hydrogen-bond donors (Lipinski definition) is 0. The van der Waals surface area contributed by atoms with E-state index in [1.165, 1.54) is 11.1 Å². The van der Waals surface area contributed by atoms with Crippen LogP contribution in [0.25, 0.3) is 0 Å². The molecule has 0 fully saturated rings. The summed E-state index contributed by atoms with van der Waals surface area (Å²) in [5.74, 6) is 0. The van der Waals surface area contributed by atoms with Crippen molar-refractivity contribution in [3.63, 3.8) is 0 Å². The lowest BCUT2D eigenvalue weighted by atomic mass is 10.0. The Hall–Kier alpha value is -1.25. The van der Waals surface area contributed by atoms with Crippen LogP contribution in [-0.2, 0) is 4.74 Å². The third kappa shape index (κ3) is 5.86. The molecule has 0 amide bonds. The van der Waals surface area contributed by atoms with E-state index in [-0.39, 0.29) is 6.10 Å². The quantitative estimate of drug-likeness (QED) is 0.617. The molecule has 1 aromatic rings. The molecule has 0 saturated carbocycles. The summed E-state index contributed by atoms with van der Waals surface area (Å²) < 4.78 is 5.44. The molecule has 4 heteroatoms. The van der Waals surface area contributed by atoms with Crippen molar-refractivity contribution in [1.29, 1.82) is 0 Å². The Morgan fingerprint density at radius 3 is 2.55 bits per heavy atom. The summed E-state index contributed by atoms with van der Waals surface area (Å²) in [5, 5.41) is 1.24. The second-order valence-electron chi connectivity index (χ2n) is 5.12. The van der Waals surface area contributed by atoms with Crippen LogP contribution in [-0.4, -0.2) is 19.4 Å². The van der Waals surface area contributed by atoms with Crippen LogP contribution in [0.3, 0.4) is 0 Å². The van der Waals surface area contributed by atoms with E-state index >= 15 is 0 Å². The van der Waals surface area contributed by atoms with Crippen molar-refractivity contribution >= 4 is 29.4 Å². The molecule has 1 heterocycles. The average molecular weight is 340 g/mol. The molecule has 1 aliphatic heterocycles. The molecule has 1 aromatic carbocycles. The van der Waals surface area contributed by atoms with Gasteiger partial charge in [-0.2, -0.15) is 0 Å². The van der Waals surface area contributed by atoms with Crippen molar-refractivity contribution in [2.75, 3.05) is 7.05 Å². The summed E-state index contributed by atoms with van der Waals surface area (Å²) in [6, 6.07) is 5.55. The first kappa shape index (κ1) is 18.8. The predicted octanol–water partition coefficient (Wildman–Crippen LogP) is 6.02. The zero-order valence-corrected chi connectivity index (χ0v) is 15.1. The SMILES string of the molecule is CCCC1=COC(C)/C1=C\C=NC.Cc1ccc(Cl)c(Cl)c1. The second-order valence-corrected chi connectivity index (χ2v) is 5.93. The first-order valence-electron chi connectivity index (χ1n) is 7.38. The number of halogens is 2. The molecule has 0 aromatic heterocycles. The molecule has 0 radical (unpaired) electrons.